The molecule has 0 N–H and O–H groups in total. The normalized spacial score (nSPS) is 10.6. The maximum Gasteiger partial charge on any atom is 0.253 e. The van der Waals surface area contributed by atoms with Crippen LogP contribution in [0.25, 0.3) is 28.1 Å². The molecule has 0 aliphatic carbocycles. The Morgan fingerprint density at radius 1 is 0.913 bits per heavy atom. The lowest BCUT2D eigenvalue weighted by atomic mass is 10.1. The minimum Gasteiger partial charge on any atom is -0.211 e. The first-order chi connectivity index (χ1) is 11.3. The number of para-hydroxylation sites is 1. The zero-order valence-electron chi connectivity index (χ0n) is 12.0. The second-order valence-electron chi connectivity index (χ2n) is 4.88. The summed E-state index contributed by atoms with van der Waals surface area (Å²) in [6.07, 6.45) is 1.44. The van der Waals surface area contributed by atoms with Crippen molar-refractivity contribution in [2.75, 3.05) is 0 Å². The fraction of sp³-hybridized carbons (Fsp3) is 0. The summed E-state index contributed by atoms with van der Waals surface area (Å²) in [7, 11) is 0. The van der Waals surface area contributed by atoms with E-state index in [1.165, 1.54) is 11.0 Å². The second kappa shape index (κ2) is 5.31. The molecule has 0 bridgehead atoms. The van der Waals surface area contributed by atoms with E-state index in [2.05, 4.69) is 20.1 Å². The highest BCUT2D eigenvalue weighted by molar-refractivity contribution is 5.92. The van der Waals surface area contributed by atoms with Crippen LogP contribution in [0.3, 0.4) is 0 Å². The first kappa shape index (κ1) is 13.1. The maximum absolute atomic E-state index is 8.87. The van der Waals surface area contributed by atoms with Crippen molar-refractivity contribution in [1.29, 1.82) is 5.26 Å². The molecule has 108 valence electrons. The monoisotopic (exact) mass is 298 g/mol. The number of benzene rings is 2. The third kappa shape index (κ3) is 2.30. The van der Waals surface area contributed by atoms with Gasteiger partial charge in [-0.25, -0.2) is 15.0 Å². The number of nitrogens with zero attached hydrogens (tertiary/aromatic N) is 6. The smallest absolute Gasteiger partial charge is 0.211 e. The third-order valence-electron chi connectivity index (χ3n) is 3.44. The molecule has 0 atom stereocenters. The van der Waals surface area contributed by atoms with Crippen molar-refractivity contribution in [3.63, 3.8) is 0 Å². The Kier molecular flexibility index (Phi) is 3.03. The van der Waals surface area contributed by atoms with Gasteiger partial charge in [0.05, 0.1) is 11.2 Å². The molecule has 6 heteroatoms. The summed E-state index contributed by atoms with van der Waals surface area (Å²) in [4.78, 5) is 13.1. The summed E-state index contributed by atoms with van der Waals surface area (Å²) in [5.74, 6) is 0.472. The molecular weight excluding hydrogens is 288 g/mol. The summed E-state index contributed by atoms with van der Waals surface area (Å²) in [6, 6.07) is 19.6. The Morgan fingerprint density at radius 2 is 1.70 bits per heavy atom. The van der Waals surface area contributed by atoms with Crippen LogP contribution in [0.1, 0.15) is 5.82 Å². The van der Waals surface area contributed by atoms with Crippen LogP contribution in [-0.2, 0) is 0 Å². The van der Waals surface area contributed by atoms with Crippen LogP contribution in [0, 0.1) is 11.3 Å². The topological polar surface area (TPSA) is 80.3 Å². The molecule has 2 aromatic heterocycles. The highest BCUT2D eigenvalue weighted by Gasteiger charge is 2.12. The quantitative estimate of drug-likeness (QED) is 0.568. The minimum absolute atomic E-state index is 0.0861. The number of hydrogen-bond acceptors (Lipinski definition) is 5. The van der Waals surface area contributed by atoms with Gasteiger partial charge in [0.1, 0.15) is 12.4 Å². The molecule has 6 nitrogen and oxygen atoms in total. The standard InChI is InChI=1S/C17H10N6/c18-10-15-19-11-23(22-15)17-20-14-9-5-4-8-13(14)16(21-17)12-6-2-1-3-7-12/h1-9,11H. The van der Waals surface area contributed by atoms with E-state index in [9.17, 15) is 0 Å². The summed E-state index contributed by atoms with van der Waals surface area (Å²) < 4.78 is 1.41. The molecule has 0 aliphatic heterocycles. The number of rotatable bonds is 2. The molecule has 4 aromatic rings. The Labute approximate surface area is 131 Å². The van der Waals surface area contributed by atoms with Crippen LogP contribution in [0.5, 0.6) is 0 Å². The molecular formula is C17H10N6. The zero-order valence-corrected chi connectivity index (χ0v) is 12.0. The summed E-state index contributed by atoms with van der Waals surface area (Å²) >= 11 is 0. The van der Waals surface area contributed by atoms with Crippen molar-refractivity contribution >= 4 is 10.9 Å². The largest absolute Gasteiger partial charge is 0.253 e. The Bertz CT molecular complexity index is 1030. The summed E-state index contributed by atoms with van der Waals surface area (Å²) in [6.45, 7) is 0. The van der Waals surface area contributed by atoms with E-state index in [0.717, 1.165) is 22.2 Å². The lowest BCUT2D eigenvalue weighted by molar-refractivity contribution is 0.811. The molecule has 0 aliphatic rings. The second-order valence-corrected chi connectivity index (χ2v) is 4.88. The molecule has 23 heavy (non-hydrogen) atoms. The van der Waals surface area contributed by atoms with Crippen LogP contribution in [0.15, 0.2) is 60.9 Å². The van der Waals surface area contributed by atoms with E-state index in [-0.39, 0.29) is 5.82 Å². The molecule has 4 rings (SSSR count). The SMILES string of the molecule is N#Cc1ncn(-c2nc(-c3ccccc3)c3ccccc3n2)n1. The first-order valence-electron chi connectivity index (χ1n) is 6.99. The van der Waals surface area contributed by atoms with Gasteiger partial charge in [-0.05, 0) is 6.07 Å². The van der Waals surface area contributed by atoms with Gasteiger partial charge in [0.15, 0.2) is 0 Å². The molecule has 0 spiro atoms. The Hall–Kier alpha value is -3.59. The number of hydrogen-bond donors (Lipinski definition) is 0. The van der Waals surface area contributed by atoms with Crippen LogP contribution >= 0.6 is 0 Å². The lowest BCUT2D eigenvalue weighted by Gasteiger charge is -2.08. The van der Waals surface area contributed by atoms with Gasteiger partial charge < -0.3 is 0 Å². The number of fused-ring (bicyclic) bond motifs is 1. The van der Waals surface area contributed by atoms with Gasteiger partial charge in [0.25, 0.3) is 11.8 Å². The highest BCUT2D eigenvalue weighted by Crippen LogP contribution is 2.26. The van der Waals surface area contributed by atoms with E-state index >= 15 is 0 Å². The molecule has 0 saturated heterocycles. The van der Waals surface area contributed by atoms with Crippen LogP contribution in [0.2, 0.25) is 0 Å². The zero-order chi connectivity index (χ0) is 15.6. The van der Waals surface area contributed by atoms with E-state index in [0.29, 0.717) is 5.95 Å². The third-order valence-corrected chi connectivity index (χ3v) is 3.44. The number of aromatic nitrogens is 5. The van der Waals surface area contributed by atoms with Crippen molar-refractivity contribution in [3.05, 3.63) is 66.7 Å². The molecule has 0 unspecified atom stereocenters. The van der Waals surface area contributed by atoms with Crippen molar-refractivity contribution in [1.82, 2.24) is 24.7 Å². The van der Waals surface area contributed by atoms with E-state index in [1.807, 2.05) is 60.7 Å². The maximum atomic E-state index is 8.87. The van der Waals surface area contributed by atoms with Crippen LogP contribution in [0.4, 0.5) is 0 Å². The lowest BCUT2D eigenvalue weighted by Crippen LogP contribution is -2.04. The average molecular weight is 298 g/mol. The number of nitriles is 1. The van der Waals surface area contributed by atoms with E-state index in [4.69, 9.17) is 5.26 Å². The fourth-order valence-corrected chi connectivity index (χ4v) is 2.39. The molecule has 0 saturated carbocycles. The van der Waals surface area contributed by atoms with Crippen LogP contribution in [-0.4, -0.2) is 24.7 Å². The Morgan fingerprint density at radius 3 is 2.48 bits per heavy atom. The fourth-order valence-electron chi connectivity index (χ4n) is 2.39. The first-order valence-corrected chi connectivity index (χ1v) is 6.99. The van der Waals surface area contributed by atoms with Crippen molar-refractivity contribution in [2.45, 2.75) is 0 Å². The molecule has 2 aromatic carbocycles. The van der Waals surface area contributed by atoms with Gasteiger partial charge >= 0.3 is 0 Å². The van der Waals surface area contributed by atoms with E-state index < -0.39 is 0 Å². The average Bonchev–Trinajstić information content (AvgIpc) is 3.11. The van der Waals surface area contributed by atoms with Gasteiger partial charge in [0, 0.05) is 10.9 Å². The van der Waals surface area contributed by atoms with Gasteiger partial charge in [-0.3, -0.25) is 0 Å². The van der Waals surface area contributed by atoms with E-state index in [1.54, 1.807) is 0 Å². The highest BCUT2D eigenvalue weighted by atomic mass is 15.4. The summed E-state index contributed by atoms with van der Waals surface area (Å²) in [5.41, 5.74) is 2.62. The van der Waals surface area contributed by atoms with Gasteiger partial charge in [-0.1, -0.05) is 48.5 Å². The predicted octanol–water partition coefficient (Wildman–Crippen LogP) is 2.75. The molecule has 0 fully saturated rings. The summed E-state index contributed by atoms with van der Waals surface area (Å²) in [5, 5.41) is 13.9. The Balaban J connectivity index is 1.99. The van der Waals surface area contributed by atoms with Gasteiger partial charge in [0.2, 0.25) is 0 Å². The van der Waals surface area contributed by atoms with Crippen LogP contribution < -0.4 is 0 Å². The predicted molar refractivity (Wildman–Crippen MR) is 84.6 cm³/mol. The van der Waals surface area contributed by atoms with Gasteiger partial charge in [-0.2, -0.15) is 9.94 Å². The van der Waals surface area contributed by atoms with Crippen molar-refractivity contribution in [2.24, 2.45) is 0 Å². The van der Waals surface area contributed by atoms with Crippen molar-refractivity contribution < 1.29 is 0 Å². The van der Waals surface area contributed by atoms with Gasteiger partial charge in [-0.15, -0.1) is 5.10 Å². The van der Waals surface area contributed by atoms with Crippen molar-refractivity contribution in [3.8, 4) is 23.3 Å². The molecule has 0 amide bonds. The minimum atomic E-state index is 0.0861. The molecule has 0 radical (unpaired) electrons. The molecule has 2 heterocycles.